The lowest BCUT2D eigenvalue weighted by atomic mass is 9.81. The number of hydrogen-bond donors (Lipinski definition) is 3. The highest BCUT2D eigenvalue weighted by Crippen LogP contribution is 2.41. The number of hydrogen-bond acceptors (Lipinski definition) is 11. The van der Waals surface area contributed by atoms with Gasteiger partial charge < -0.3 is 25.2 Å². The second kappa shape index (κ2) is 12.8. The zero-order chi connectivity index (χ0) is 31.4. The summed E-state index contributed by atoms with van der Waals surface area (Å²) in [5, 5.41) is 26.1. The topological polar surface area (TPSA) is 166 Å². The van der Waals surface area contributed by atoms with E-state index in [0.717, 1.165) is 23.3 Å². The molecular formula is C30H27FN8O5S. The van der Waals surface area contributed by atoms with E-state index in [1.165, 1.54) is 17.4 Å². The van der Waals surface area contributed by atoms with Crippen LogP contribution in [-0.2, 0) is 23.3 Å². The van der Waals surface area contributed by atoms with Crippen molar-refractivity contribution < 1.29 is 28.6 Å². The lowest BCUT2D eigenvalue weighted by Crippen LogP contribution is -2.47. The molecule has 230 valence electrons. The van der Waals surface area contributed by atoms with Gasteiger partial charge in [-0.05, 0) is 48.7 Å². The van der Waals surface area contributed by atoms with Crippen LogP contribution in [-0.4, -0.2) is 60.1 Å². The van der Waals surface area contributed by atoms with Gasteiger partial charge in [-0.1, -0.05) is 5.21 Å². The molecule has 1 aliphatic rings. The van der Waals surface area contributed by atoms with Gasteiger partial charge in [0.2, 0.25) is 5.91 Å². The number of aromatic carboxylic acids is 1. The first-order valence-electron chi connectivity index (χ1n) is 13.9. The standard InChI is InChI=1S/C30H27FN8O5S/c1-30(15-27(40)36-29-34-8-11-45-29)21-14-26(44-19-2-3-20(28(41)42)22(31)13-19)25(12-18(21)4-5-35-30)43-10-9-39-17-24(37-38-39)23-16-32-6-7-33-23/h2-3,6-8,11-14,16-17,35H,4-5,9-10,15H2,1H3,(H,41,42)(H,34,36,40). The molecule has 0 fully saturated rings. The molecule has 0 saturated carbocycles. The van der Waals surface area contributed by atoms with Gasteiger partial charge in [0.05, 0.1) is 24.5 Å². The zero-order valence-electron chi connectivity index (χ0n) is 23.9. The van der Waals surface area contributed by atoms with Crippen LogP contribution in [0.1, 0.15) is 34.8 Å². The minimum Gasteiger partial charge on any atom is -0.488 e. The van der Waals surface area contributed by atoms with Crippen LogP contribution < -0.4 is 20.1 Å². The molecular weight excluding hydrogens is 603 g/mol. The summed E-state index contributed by atoms with van der Waals surface area (Å²) in [6.45, 7) is 3.09. The number of aromatic nitrogens is 6. The first-order valence-corrected chi connectivity index (χ1v) is 14.8. The fraction of sp³-hybridized carbons (Fsp3) is 0.233. The summed E-state index contributed by atoms with van der Waals surface area (Å²) in [5.41, 5.74) is 1.70. The number of ether oxygens (including phenoxy) is 2. The first-order chi connectivity index (χ1) is 21.8. The highest BCUT2D eigenvalue weighted by Gasteiger charge is 2.35. The molecule has 1 aliphatic heterocycles. The number of amides is 1. The first kappa shape index (κ1) is 29.8. The normalized spacial score (nSPS) is 15.7. The molecule has 1 atom stereocenters. The fourth-order valence-electron chi connectivity index (χ4n) is 5.08. The molecule has 0 aliphatic carbocycles. The van der Waals surface area contributed by atoms with E-state index in [0.29, 0.717) is 41.8 Å². The Morgan fingerprint density at radius 3 is 2.80 bits per heavy atom. The Labute approximate surface area is 260 Å². The third kappa shape index (κ3) is 6.78. The molecule has 13 nitrogen and oxygen atoms in total. The van der Waals surface area contributed by atoms with Crippen LogP contribution in [0.2, 0.25) is 0 Å². The molecule has 3 N–H and O–H groups in total. The number of anilines is 1. The van der Waals surface area contributed by atoms with E-state index in [-0.39, 0.29) is 30.4 Å². The fourth-order valence-corrected chi connectivity index (χ4v) is 5.62. The summed E-state index contributed by atoms with van der Waals surface area (Å²) in [6.07, 6.45) is 8.88. The molecule has 1 unspecified atom stereocenters. The number of nitrogens with one attached hydrogen (secondary N) is 2. The van der Waals surface area contributed by atoms with Crippen molar-refractivity contribution in [2.24, 2.45) is 0 Å². The monoisotopic (exact) mass is 630 g/mol. The maximum Gasteiger partial charge on any atom is 0.338 e. The Kier molecular flexibility index (Phi) is 8.44. The van der Waals surface area contributed by atoms with Crippen molar-refractivity contribution in [2.45, 2.75) is 31.8 Å². The number of benzene rings is 2. The van der Waals surface area contributed by atoms with Crippen LogP contribution in [0.15, 0.2) is 66.7 Å². The molecule has 45 heavy (non-hydrogen) atoms. The molecule has 6 rings (SSSR count). The minimum absolute atomic E-state index is 0.0826. The molecule has 0 spiro atoms. The van der Waals surface area contributed by atoms with Crippen molar-refractivity contribution in [3.05, 3.63) is 89.2 Å². The van der Waals surface area contributed by atoms with Crippen molar-refractivity contribution in [1.82, 2.24) is 35.3 Å². The number of rotatable bonds is 11. The summed E-state index contributed by atoms with van der Waals surface area (Å²) < 4.78 is 28.4. The second-order valence-electron chi connectivity index (χ2n) is 10.4. The molecule has 4 heterocycles. The Hall–Kier alpha value is -5.28. The quantitative estimate of drug-likeness (QED) is 0.191. The Balaban J connectivity index is 1.26. The van der Waals surface area contributed by atoms with Crippen LogP contribution in [0.4, 0.5) is 9.52 Å². The van der Waals surface area contributed by atoms with Crippen molar-refractivity contribution in [3.8, 4) is 28.6 Å². The third-order valence-electron chi connectivity index (χ3n) is 7.21. The molecule has 0 radical (unpaired) electrons. The molecule has 15 heteroatoms. The lowest BCUT2D eigenvalue weighted by Gasteiger charge is -2.37. The largest absolute Gasteiger partial charge is 0.488 e. The molecule has 1 amide bonds. The van der Waals surface area contributed by atoms with Crippen molar-refractivity contribution >= 4 is 28.3 Å². The van der Waals surface area contributed by atoms with Crippen LogP contribution in [0.25, 0.3) is 11.4 Å². The van der Waals surface area contributed by atoms with Crippen molar-refractivity contribution in [1.29, 1.82) is 0 Å². The van der Waals surface area contributed by atoms with Gasteiger partial charge in [-0.3, -0.25) is 14.8 Å². The third-order valence-corrected chi connectivity index (χ3v) is 7.90. The SMILES string of the molecule is CC1(CC(=O)Nc2nccs2)NCCc2cc(OCCn3cc(-c4cnccn4)nn3)c(Oc3ccc(C(=O)O)c(F)c3)cc21. The summed E-state index contributed by atoms with van der Waals surface area (Å²) >= 11 is 1.33. The number of halogens is 1. The molecule has 5 aromatic rings. The smallest absolute Gasteiger partial charge is 0.338 e. The number of fused-ring (bicyclic) bond motifs is 1. The van der Waals surface area contributed by atoms with Crippen LogP contribution in [0.5, 0.6) is 17.2 Å². The minimum atomic E-state index is -1.38. The molecule has 0 saturated heterocycles. The lowest BCUT2D eigenvalue weighted by molar-refractivity contribution is -0.117. The molecule has 2 aromatic carbocycles. The van der Waals surface area contributed by atoms with Crippen LogP contribution >= 0.6 is 11.3 Å². The van der Waals surface area contributed by atoms with Gasteiger partial charge in [0.25, 0.3) is 0 Å². The van der Waals surface area contributed by atoms with Gasteiger partial charge in [0.15, 0.2) is 16.6 Å². The van der Waals surface area contributed by atoms with Gasteiger partial charge in [0.1, 0.15) is 29.6 Å². The second-order valence-corrected chi connectivity index (χ2v) is 11.3. The van der Waals surface area contributed by atoms with Crippen LogP contribution in [0.3, 0.4) is 0 Å². The van der Waals surface area contributed by atoms with Gasteiger partial charge in [-0.15, -0.1) is 16.4 Å². The van der Waals surface area contributed by atoms with E-state index in [1.807, 2.05) is 13.0 Å². The summed E-state index contributed by atoms with van der Waals surface area (Å²) in [5.74, 6) is -1.79. The summed E-state index contributed by atoms with van der Waals surface area (Å²) in [4.78, 5) is 36.7. The van der Waals surface area contributed by atoms with Gasteiger partial charge >= 0.3 is 5.97 Å². The summed E-state index contributed by atoms with van der Waals surface area (Å²) in [7, 11) is 0. The van der Waals surface area contributed by atoms with Gasteiger partial charge in [-0.2, -0.15) is 0 Å². The van der Waals surface area contributed by atoms with Gasteiger partial charge in [-0.25, -0.2) is 18.9 Å². The average Bonchev–Trinajstić information content (AvgIpc) is 3.71. The predicted molar refractivity (Wildman–Crippen MR) is 161 cm³/mol. The van der Waals surface area contributed by atoms with Crippen LogP contribution in [0, 0.1) is 5.82 Å². The van der Waals surface area contributed by atoms with E-state index in [2.05, 4.69) is 35.9 Å². The van der Waals surface area contributed by atoms with E-state index in [4.69, 9.17) is 9.47 Å². The maximum atomic E-state index is 14.5. The Morgan fingerprint density at radius 2 is 2.04 bits per heavy atom. The highest BCUT2D eigenvalue weighted by molar-refractivity contribution is 7.13. The number of thiazole rings is 1. The van der Waals surface area contributed by atoms with E-state index < -0.39 is 22.9 Å². The van der Waals surface area contributed by atoms with E-state index in [1.54, 1.807) is 47.1 Å². The number of nitrogens with zero attached hydrogens (tertiary/aromatic N) is 6. The number of carboxylic acids is 1. The zero-order valence-corrected chi connectivity index (χ0v) is 24.8. The molecule has 3 aromatic heterocycles. The number of carbonyl (C=O) groups is 2. The number of carbonyl (C=O) groups excluding carboxylic acids is 1. The molecule has 0 bridgehead atoms. The van der Waals surface area contributed by atoms with Crippen molar-refractivity contribution in [3.63, 3.8) is 0 Å². The highest BCUT2D eigenvalue weighted by atomic mass is 32.1. The van der Waals surface area contributed by atoms with Crippen molar-refractivity contribution in [2.75, 3.05) is 18.5 Å². The Morgan fingerprint density at radius 1 is 1.16 bits per heavy atom. The number of carboxylic acid groups (broad SMARTS) is 1. The maximum absolute atomic E-state index is 14.5. The van der Waals surface area contributed by atoms with Gasteiger partial charge in [0, 0.05) is 48.5 Å². The van der Waals surface area contributed by atoms with E-state index >= 15 is 0 Å². The average molecular weight is 631 g/mol. The van der Waals surface area contributed by atoms with E-state index in [9.17, 15) is 19.1 Å². The Bertz CT molecular complexity index is 1840. The summed E-state index contributed by atoms with van der Waals surface area (Å²) in [6, 6.07) is 7.15. The predicted octanol–water partition coefficient (Wildman–Crippen LogP) is 4.29.